The molecule has 11 heteroatoms. The number of rotatable bonds is 10. The van der Waals surface area contributed by atoms with Crippen LogP contribution in [-0.4, -0.2) is 49.2 Å². The molecule has 0 aliphatic heterocycles. The van der Waals surface area contributed by atoms with Crippen LogP contribution in [-0.2, 0) is 32.9 Å². The molecule has 10 nitrogen and oxygen atoms in total. The fourth-order valence-corrected chi connectivity index (χ4v) is 4.12. The van der Waals surface area contributed by atoms with Gasteiger partial charge in [0.2, 0.25) is 5.16 Å². The van der Waals surface area contributed by atoms with Crippen molar-refractivity contribution >= 4 is 29.6 Å². The lowest BCUT2D eigenvalue weighted by Crippen LogP contribution is -2.44. The van der Waals surface area contributed by atoms with Crippen LogP contribution in [0.1, 0.15) is 43.9 Å². The highest BCUT2D eigenvalue weighted by Crippen LogP contribution is 2.32. The predicted octanol–water partition coefficient (Wildman–Crippen LogP) is 3.77. The van der Waals surface area contributed by atoms with Gasteiger partial charge in [0, 0.05) is 4.90 Å². The number of benzene rings is 2. The number of aliphatic carboxylic acids is 1. The summed E-state index contributed by atoms with van der Waals surface area (Å²) in [5.41, 5.74) is 3.01. The number of amides is 1. The Bertz CT molecular complexity index is 1220. The molecular weight excluding hydrogens is 482 g/mol. The number of carbonyl (C=O) groups excluding carboxylic acids is 2. The van der Waals surface area contributed by atoms with Gasteiger partial charge in [-0.05, 0) is 57.3 Å². The molecule has 36 heavy (non-hydrogen) atoms. The Hall–Kier alpha value is -3.73. The van der Waals surface area contributed by atoms with Crippen molar-refractivity contribution in [3.63, 3.8) is 0 Å². The number of Topliss-reactive ketones (excluding diaryl/α,β-unsaturated/α-hetero) is 1. The molecule has 0 fully saturated rings. The molecule has 1 unspecified atom stereocenters. The summed E-state index contributed by atoms with van der Waals surface area (Å²) in [4.78, 5) is 37.4. The van der Waals surface area contributed by atoms with Gasteiger partial charge in [0.25, 0.3) is 0 Å². The summed E-state index contributed by atoms with van der Waals surface area (Å²) in [6.07, 6.45) is -1.49. The third kappa shape index (κ3) is 7.64. The van der Waals surface area contributed by atoms with Gasteiger partial charge in [0.1, 0.15) is 19.2 Å². The highest BCUT2D eigenvalue weighted by Gasteiger charge is 2.26. The van der Waals surface area contributed by atoms with E-state index in [2.05, 4.69) is 47.7 Å². The Morgan fingerprint density at radius 1 is 1.14 bits per heavy atom. The van der Waals surface area contributed by atoms with Crippen LogP contribution >= 0.6 is 11.8 Å². The Morgan fingerprint density at radius 3 is 2.50 bits per heavy atom. The molecule has 1 aromatic heterocycles. The molecule has 1 heterocycles. The van der Waals surface area contributed by atoms with E-state index in [-0.39, 0.29) is 18.6 Å². The minimum absolute atomic E-state index is 0.0103. The number of aryl methyl sites for hydroxylation is 1. The van der Waals surface area contributed by atoms with Gasteiger partial charge in [-0.3, -0.25) is 9.59 Å². The fraction of sp³-hybridized carbons (Fsp3) is 0.360. The lowest BCUT2D eigenvalue weighted by atomic mass is 9.86. The Morgan fingerprint density at radius 2 is 1.86 bits per heavy atom. The van der Waals surface area contributed by atoms with Crippen molar-refractivity contribution in [3.8, 4) is 0 Å². The van der Waals surface area contributed by atoms with Crippen LogP contribution in [0.4, 0.5) is 4.79 Å². The standard InChI is InChI=1S/C25H29N5O5S/c1-16-12-18(25(2,3)4)10-11-21(16)36-23-27-28-29-30(23)14-20(31)19(13-22(32)33)26-24(34)35-15-17-8-6-5-7-9-17/h5-12,19H,13-15H2,1-4H3,(H,26,34)(H,32,33). The molecule has 0 aliphatic carbocycles. The molecule has 2 aromatic carbocycles. The fourth-order valence-electron chi connectivity index (χ4n) is 3.28. The molecule has 0 bridgehead atoms. The molecular formula is C25H29N5O5S. The van der Waals surface area contributed by atoms with Crippen molar-refractivity contribution in [2.45, 2.75) is 68.8 Å². The number of nitrogens with one attached hydrogen (secondary N) is 1. The zero-order valence-corrected chi connectivity index (χ0v) is 21.4. The maximum absolute atomic E-state index is 12.9. The Kier molecular flexibility index (Phi) is 8.81. The van der Waals surface area contributed by atoms with Crippen molar-refractivity contribution in [2.75, 3.05) is 0 Å². The quantitative estimate of drug-likeness (QED) is 0.417. The first-order chi connectivity index (χ1) is 17.0. The first-order valence-electron chi connectivity index (χ1n) is 11.3. The van der Waals surface area contributed by atoms with Crippen LogP contribution in [0.5, 0.6) is 0 Å². The average molecular weight is 512 g/mol. The number of nitrogens with zero attached hydrogens (tertiary/aromatic N) is 4. The minimum Gasteiger partial charge on any atom is -0.481 e. The van der Waals surface area contributed by atoms with Gasteiger partial charge in [-0.15, -0.1) is 5.10 Å². The van der Waals surface area contributed by atoms with Crippen LogP contribution in [0, 0.1) is 6.92 Å². The van der Waals surface area contributed by atoms with Crippen LogP contribution in [0.2, 0.25) is 0 Å². The van der Waals surface area contributed by atoms with Crippen molar-refractivity contribution in [1.29, 1.82) is 0 Å². The number of alkyl carbamates (subject to hydrolysis) is 1. The average Bonchev–Trinajstić information content (AvgIpc) is 3.24. The molecule has 2 N–H and O–H groups in total. The van der Waals surface area contributed by atoms with Crippen molar-refractivity contribution in [3.05, 3.63) is 65.2 Å². The number of hydrogen-bond acceptors (Lipinski definition) is 8. The smallest absolute Gasteiger partial charge is 0.408 e. The number of aromatic nitrogens is 4. The molecule has 190 valence electrons. The van der Waals surface area contributed by atoms with Gasteiger partial charge in [0.15, 0.2) is 5.78 Å². The summed E-state index contributed by atoms with van der Waals surface area (Å²) in [6.45, 7) is 8.08. The molecule has 0 saturated carbocycles. The van der Waals surface area contributed by atoms with E-state index in [4.69, 9.17) is 4.74 Å². The topological polar surface area (TPSA) is 136 Å². The van der Waals surface area contributed by atoms with Gasteiger partial charge in [-0.25, -0.2) is 9.48 Å². The highest BCUT2D eigenvalue weighted by molar-refractivity contribution is 7.99. The van der Waals surface area contributed by atoms with E-state index in [1.807, 2.05) is 25.1 Å². The van der Waals surface area contributed by atoms with Gasteiger partial charge in [-0.2, -0.15) is 0 Å². The molecule has 1 amide bonds. The maximum Gasteiger partial charge on any atom is 0.408 e. The molecule has 3 aromatic rings. The predicted molar refractivity (Wildman–Crippen MR) is 133 cm³/mol. The molecule has 0 saturated heterocycles. The number of carboxylic acid groups (broad SMARTS) is 1. The number of carbonyl (C=O) groups is 3. The minimum atomic E-state index is -1.30. The second-order valence-electron chi connectivity index (χ2n) is 9.27. The molecule has 0 spiro atoms. The van der Waals surface area contributed by atoms with Crippen molar-refractivity contribution < 1.29 is 24.2 Å². The van der Waals surface area contributed by atoms with E-state index in [0.29, 0.717) is 5.16 Å². The van der Waals surface area contributed by atoms with Crippen LogP contribution in [0.25, 0.3) is 0 Å². The summed E-state index contributed by atoms with van der Waals surface area (Å²) in [5.74, 6) is -1.81. The third-order valence-corrected chi connectivity index (χ3v) is 6.47. The van der Waals surface area contributed by atoms with Gasteiger partial charge >= 0.3 is 12.1 Å². The van der Waals surface area contributed by atoms with E-state index >= 15 is 0 Å². The van der Waals surface area contributed by atoms with Crippen molar-refractivity contribution in [2.24, 2.45) is 0 Å². The summed E-state index contributed by atoms with van der Waals surface area (Å²) in [6, 6.07) is 13.8. The highest BCUT2D eigenvalue weighted by atomic mass is 32.2. The first-order valence-corrected chi connectivity index (χ1v) is 12.1. The molecule has 3 rings (SSSR count). The Labute approximate surface area is 213 Å². The first kappa shape index (κ1) is 26.9. The van der Waals surface area contributed by atoms with Gasteiger partial charge < -0.3 is 15.2 Å². The van der Waals surface area contributed by atoms with E-state index < -0.39 is 30.3 Å². The van der Waals surface area contributed by atoms with E-state index in [1.54, 1.807) is 24.3 Å². The molecule has 1 atom stereocenters. The van der Waals surface area contributed by atoms with E-state index in [0.717, 1.165) is 16.0 Å². The van der Waals surface area contributed by atoms with E-state index in [1.165, 1.54) is 22.0 Å². The summed E-state index contributed by atoms with van der Waals surface area (Å²) in [7, 11) is 0. The van der Waals surface area contributed by atoms with Gasteiger partial charge in [-0.1, -0.05) is 63.2 Å². The number of tetrazole rings is 1. The summed E-state index contributed by atoms with van der Waals surface area (Å²) in [5, 5.41) is 23.5. The second kappa shape index (κ2) is 11.8. The van der Waals surface area contributed by atoms with Crippen molar-refractivity contribution in [1.82, 2.24) is 25.5 Å². The Balaban J connectivity index is 1.66. The number of ether oxygens (including phenoxy) is 1. The summed E-state index contributed by atoms with van der Waals surface area (Å²) >= 11 is 1.30. The summed E-state index contributed by atoms with van der Waals surface area (Å²) < 4.78 is 6.42. The van der Waals surface area contributed by atoms with E-state index in [9.17, 15) is 19.5 Å². The zero-order chi connectivity index (χ0) is 26.3. The monoisotopic (exact) mass is 511 g/mol. The maximum atomic E-state index is 12.9. The number of ketones is 1. The van der Waals surface area contributed by atoms with Crippen LogP contribution in [0.3, 0.4) is 0 Å². The molecule has 0 aliphatic rings. The van der Waals surface area contributed by atoms with Crippen LogP contribution in [0.15, 0.2) is 58.6 Å². The number of carboxylic acids is 1. The lowest BCUT2D eigenvalue weighted by Gasteiger charge is -2.20. The normalized spacial score (nSPS) is 12.1. The van der Waals surface area contributed by atoms with Gasteiger partial charge in [0.05, 0.1) is 6.42 Å². The molecule has 0 radical (unpaired) electrons. The second-order valence-corrected chi connectivity index (χ2v) is 10.3. The van der Waals surface area contributed by atoms with Crippen LogP contribution < -0.4 is 5.32 Å². The number of hydrogen-bond donors (Lipinski definition) is 2. The zero-order valence-electron chi connectivity index (χ0n) is 20.6. The SMILES string of the molecule is Cc1cc(C(C)(C)C)ccc1Sc1nnnn1CC(=O)C(CC(=O)O)NC(=O)OCc1ccccc1. The largest absolute Gasteiger partial charge is 0.481 e. The lowest BCUT2D eigenvalue weighted by molar-refractivity contribution is -0.139. The third-order valence-electron chi connectivity index (χ3n) is 5.32.